The van der Waals surface area contributed by atoms with E-state index in [1.165, 1.54) is 0 Å². The molecule has 0 aromatic rings. The molecule has 0 aliphatic rings. The van der Waals surface area contributed by atoms with Crippen LogP contribution in [0.15, 0.2) is 0 Å². The molecule has 0 atom stereocenters. The van der Waals surface area contributed by atoms with Gasteiger partial charge in [-0.15, -0.1) is 4.13 Å². The molecular weight excluding hydrogens is 259 g/mol. The molecule has 1 N–H and O–H groups in total. The normalized spacial score (nSPS) is 13.3. The van der Waals surface area contributed by atoms with Gasteiger partial charge in [-0.2, -0.15) is 13.2 Å². The fourth-order valence-corrected chi connectivity index (χ4v) is 3.18. The van der Waals surface area contributed by atoms with Crippen molar-refractivity contribution in [3.05, 3.63) is 0 Å². The van der Waals surface area contributed by atoms with Crippen LogP contribution < -0.4 is 4.13 Å². The fraction of sp³-hybridized carbons (Fsp3) is 1.00. The summed E-state index contributed by atoms with van der Waals surface area (Å²) in [4.78, 5) is 0. The van der Waals surface area contributed by atoms with Gasteiger partial charge in [0.15, 0.2) is 5.75 Å². The van der Waals surface area contributed by atoms with Gasteiger partial charge < -0.3 is 0 Å². The van der Waals surface area contributed by atoms with E-state index in [-0.39, 0.29) is 7.43 Å². The number of halogens is 3. The maximum atomic E-state index is 11.6. The Balaban J connectivity index is 0. The number of hydrogen-bond donors (Lipinski definition) is 1. The fourth-order valence-electron chi connectivity index (χ4n) is 0.497. The molecule has 0 amide bonds. The lowest BCUT2D eigenvalue weighted by Gasteiger charge is -2.08. The quantitative estimate of drug-likeness (QED) is 0.805. The van der Waals surface area contributed by atoms with Crippen molar-refractivity contribution in [3.63, 3.8) is 0 Å². The lowest BCUT2D eigenvalue weighted by Crippen LogP contribution is -2.38. The van der Waals surface area contributed by atoms with Gasteiger partial charge in [0, 0.05) is 0 Å². The standard InChI is InChI=1S/C4H8F3NO4S2.CH4/c1-2-13(9,10)8-14(11,12)3-4(5,6)7;/h8H,2-3H2,1H3;1H4. The minimum Gasteiger partial charge on any atom is -0.211 e. The molecule has 0 saturated heterocycles. The van der Waals surface area contributed by atoms with Crippen molar-refractivity contribution in [1.82, 2.24) is 4.13 Å². The maximum Gasteiger partial charge on any atom is 0.404 e. The van der Waals surface area contributed by atoms with Gasteiger partial charge in [0.25, 0.3) is 0 Å². The Morgan fingerprint density at radius 1 is 1.07 bits per heavy atom. The highest BCUT2D eigenvalue weighted by Gasteiger charge is 2.36. The van der Waals surface area contributed by atoms with Crippen LogP contribution in [0.5, 0.6) is 0 Å². The topological polar surface area (TPSA) is 80.3 Å². The zero-order valence-corrected chi connectivity index (χ0v) is 8.63. The van der Waals surface area contributed by atoms with E-state index in [1.54, 1.807) is 0 Å². The molecule has 0 aromatic carbocycles. The van der Waals surface area contributed by atoms with Crippen molar-refractivity contribution in [1.29, 1.82) is 0 Å². The minimum absolute atomic E-state index is 0. The van der Waals surface area contributed by atoms with Crippen LogP contribution >= 0.6 is 0 Å². The first-order chi connectivity index (χ1) is 5.97. The summed E-state index contributed by atoms with van der Waals surface area (Å²) < 4.78 is 78.3. The molecule has 0 unspecified atom stereocenters. The van der Waals surface area contributed by atoms with Gasteiger partial charge in [-0.1, -0.05) is 7.43 Å². The summed E-state index contributed by atoms with van der Waals surface area (Å²) in [6.07, 6.45) is -4.96. The molecule has 0 aliphatic heterocycles. The van der Waals surface area contributed by atoms with E-state index < -0.39 is 37.7 Å². The zero-order valence-electron chi connectivity index (χ0n) is 7.00. The van der Waals surface area contributed by atoms with Crippen LogP contribution in [0.4, 0.5) is 13.2 Å². The van der Waals surface area contributed by atoms with Crippen LogP contribution in [0.25, 0.3) is 0 Å². The Hall–Kier alpha value is -0.350. The molecule has 0 bridgehead atoms. The SMILES string of the molecule is C.CCS(=O)(=O)NS(=O)(=O)CC(F)(F)F. The Labute approximate surface area is 86.8 Å². The molecule has 15 heavy (non-hydrogen) atoms. The van der Waals surface area contributed by atoms with Crippen LogP contribution in [0.3, 0.4) is 0 Å². The van der Waals surface area contributed by atoms with Crippen LogP contribution in [-0.2, 0) is 20.0 Å². The Kier molecular flexibility index (Phi) is 5.83. The average molecular weight is 271 g/mol. The maximum absolute atomic E-state index is 11.6. The van der Waals surface area contributed by atoms with E-state index in [9.17, 15) is 30.0 Å². The Bertz CT molecular complexity index is 383. The van der Waals surface area contributed by atoms with Crippen LogP contribution in [0, 0.1) is 0 Å². The van der Waals surface area contributed by atoms with E-state index in [0.717, 1.165) is 11.1 Å². The van der Waals surface area contributed by atoms with Gasteiger partial charge in [-0.3, -0.25) is 0 Å². The number of sulfonamides is 2. The Morgan fingerprint density at radius 3 is 1.73 bits per heavy atom. The molecule has 0 heterocycles. The van der Waals surface area contributed by atoms with Crippen LogP contribution in [-0.4, -0.2) is 34.5 Å². The summed E-state index contributed by atoms with van der Waals surface area (Å²) in [5.74, 6) is -2.82. The van der Waals surface area contributed by atoms with Gasteiger partial charge in [-0.25, -0.2) is 16.8 Å². The molecular formula is C5H12F3NO4S2. The summed E-state index contributed by atoms with van der Waals surface area (Å²) >= 11 is 0. The molecule has 0 radical (unpaired) electrons. The van der Waals surface area contributed by atoms with E-state index in [2.05, 4.69) is 0 Å². The second kappa shape index (κ2) is 5.12. The second-order valence-electron chi connectivity index (χ2n) is 2.36. The van der Waals surface area contributed by atoms with Gasteiger partial charge in [-0.05, 0) is 6.92 Å². The van der Waals surface area contributed by atoms with Crippen molar-refractivity contribution in [2.45, 2.75) is 20.5 Å². The monoisotopic (exact) mass is 271 g/mol. The molecule has 5 nitrogen and oxygen atoms in total. The summed E-state index contributed by atoms with van der Waals surface area (Å²) in [6, 6.07) is 0. The highest BCUT2D eigenvalue weighted by atomic mass is 32.3. The van der Waals surface area contributed by atoms with E-state index in [1.807, 2.05) is 0 Å². The highest BCUT2D eigenvalue weighted by molar-refractivity contribution is 8.04. The second-order valence-corrected chi connectivity index (χ2v) is 6.35. The van der Waals surface area contributed by atoms with Gasteiger partial charge in [0.05, 0.1) is 5.75 Å². The van der Waals surface area contributed by atoms with Crippen molar-refractivity contribution < 1.29 is 30.0 Å². The van der Waals surface area contributed by atoms with Crippen LogP contribution in [0.2, 0.25) is 0 Å². The molecule has 0 saturated carbocycles. The number of nitrogens with one attached hydrogen (secondary N) is 1. The molecule has 10 heteroatoms. The van der Waals surface area contributed by atoms with Crippen molar-refractivity contribution in [3.8, 4) is 0 Å². The smallest absolute Gasteiger partial charge is 0.211 e. The first-order valence-electron chi connectivity index (χ1n) is 3.28. The van der Waals surface area contributed by atoms with Gasteiger partial charge >= 0.3 is 6.18 Å². The zero-order chi connectivity index (χ0) is 11.6. The third-order valence-electron chi connectivity index (χ3n) is 0.988. The number of hydrogen-bond acceptors (Lipinski definition) is 4. The Morgan fingerprint density at radius 2 is 1.47 bits per heavy atom. The third kappa shape index (κ3) is 8.63. The highest BCUT2D eigenvalue weighted by Crippen LogP contribution is 2.16. The first-order valence-corrected chi connectivity index (χ1v) is 6.58. The summed E-state index contributed by atoms with van der Waals surface area (Å²) in [5, 5.41) is 0. The molecule has 0 fully saturated rings. The van der Waals surface area contributed by atoms with Crippen molar-refractivity contribution in [2.75, 3.05) is 11.5 Å². The van der Waals surface area contributed by atoms with E-state index in [0.29, 0.717) is 0 Å². The summed E-state index contributed by atoms with van der Waals surface area (Å²) in [5.41, 5.74) is 0. The van der Waals surface area contributed by atoms with Crippen molar-refractivity contribution in [2.24, 2.45) is 0 Å². The lowest BCUT2D eigenvalue weighted by atomic mass is 10.8. The number of alkyl halides is 3. The summed E-state index contributed by atoms with van der Waals surface area (Å²) in [7, 11) is -9.06. The minimum atomic E-state index is -4.96. The predicted molar refractivity (Wildman–Crippen MR) is 49.2 cm³/mol. The van der Waals surface area contributed by atoms with E-state index >= 15 is 0 Å². The van der Waals surface area contributed by atoms with Gasteiger partial charge in [0.2, 0.25) is 20.0 Å². The molecule has 94 valence electrons. The first kappa shape index (κ1) is 17.1. The molecule has 0 spiro atoms. The molecule has 0 aromatic heterocycles. The number of rotatable bonds is 4. The largest absolute Gasteiger partial charge is 0.404 e. The van der Waals surface area contributed by atoms with Crippen molar-refractivity contribution >= 4 is 20.0 Å². The van der Waals surface area contributed by atoms with Gasteiger partial charge in [0.1, 0.15) is 0 Å². The third-order valence-corrected chi connectivity index (χ3v) is 4.49. The average Bonchev–Trinajstić information content (AvgIpc) is 1.78. The summed E-state index contributed by atoms with van der Waals surface area (Å²) in [6.45, 7) is 1.10. The van der Waals surface area contributed by atoms with Crippen LogP contribution in [0.1, 0.15) is 14.4 Å². The molecule has 0 rings (SSSR count). The lowest BCUT2D eigenvalue weighted by molar-refractivity contribution is -0.106. The van der Waals surface area contributed by atoms with E-state index in [4.69, 9.17) is 0 Å². The molecule has 0 aliphatic carbocycles. The predicted octanol–water partition coefficient (Wildman–Crippen LogP) is 0.454.